The van der Waals surface area contributed by atoms with E-state index in [4.69, 9.17) is 5.11 Å². The quantitative estimate of drug-likeness (QED) is 0.890. The summed E-state index contributed by atoms with van der Waals surface area (Å²) in [6.45, 7) is 1.61. The molecule has 0 saturated heterocycles. The van der Waals surface area contributed by atoms with Crippen molar-refractivity contribution < 1.29 is 18.3 Å². The fourth-order valence-electron chi connectivity index (χ4n) is 2.27. The molecular weight excluding hydrogens is 240 g/mol. The van der Waals surface area contributed by atoms with E-state index in [1.54, 1.807) is 31.2 Å². The van der Waals surface area contributed by atoms with E-state index in [1.807, 2.05) is 0 Å². The molecule has 0 radical (unpaired) electrons. The molecule has 4 nitrogen and oxygen atoms in total. The van der Waals surface area contributed by atoms with Crippen LogP contribution in [-0.4, -0.2) is 25.2 Å². The maximum atomic E-state index is 11.9. The normalized spacial score (nSPS) is 23.0. The lowest BCUT2D eigenvalue weighted by Gasteiger charge is -2.12. The molecule has 92 valence electrons. The average Bonchev–Trinajstić information content (AvgIpc) is 2.51. The fraction of sp³-hybridized carbons (Fsp3) is 0.417. The monoisotopic (exact) mass is 254 g/mol. The fourth-order valence-corrected chi connectivity index (χ4v) is 4.17. The summed E-state index contributed by atoms with van der Waals surface area (Å²) in [6.07, 6.45) is 0.367. The van der Waals surface area contributed by atoms with E-state index in [2.05, 4.69) is 0 Å². The Morgan fingerprint density at radius 3 is 2.76 bits per heavy atom. The first-order valence-corrected chi connectivity index (χ1v) is 7.11. The van der Waals surface area contributed by atoms with Crippen molar-refractivity contribution in [1.82, 2.24) is 0 Å². The van der Waals surface area contributed by atoms with Gasteiger partial charge in [0.2, 0.25) is 0 Å². The first kappa shape index (κ1) is 12.1. The van der Waals surface area contributed by atoms with Gasteiger partial charge in [0, 0.05) is 5.92 Å². The summed E-state index contributed by atoms with van der Waals surface area (Å²) in [6, 6.07) is 6.85. The predicted octanol–water partition coefficient (Wildman–Crippen LogP) is 1.67. The number of hydrogen-bond donors (Lipinski definition) is 1. The Balaban J connectivity index is 2.33. The second-order valence-electron chi connectivity index (χ2n) is 4.49. The molecule has 0 spiro atoms. The largest absolute Gasteiger partial charge is 0.481 e. The Hall–Kier alpha value is -1.36. The average molecular weight is 254 g/mol. The molecule has 1 heterocycles. The number of aliphatic carboxylic acids is 1. The van der Waals surface area contributed by atoms with Gasteiger partial charge in [-0.05, 0) is 18.1 Å². The van der Waals surface area contributed by atoms with Gasteiger partial charge < -0.3 is 5.11 Å². The van der Waals surface area contributed by atoms with E-state index in [0.717, 1.165) is 5.56 Å². The van der Waals surface area contributed by atoms with Crippen LogP contribution in [0, 0.1) is 5.92 Å². The lowest BCUT2D eigenvalue weighted by atomic mass is 9.91. The van der Waals surface area contributed by atoms with E-state index >= 15 is 0 Å². The van der Waals surface area contributed by atoms with Gasteiger partial charge in [0.25, 0.3) is 0 Å². The van der Waals surface area contributed by atoms with Crippen LogP contribution in [0.2, 0.25) is 0 Å². The maximum Gasteiger partial charge on any atom is 0.306 e. The topological polar surface area (TPSA) is 71.4 Å². The predicted molar refractivity (Wildman–Crippen MR) is 62.7 cm³/mol. The zero-order valence-corrected chi connectivity index (χ0v) is 10.3. The Morgan fingerprint density at radius 2 is 2.12 bits per heavy atom. The van der Waals surface area contributed by atoms with Crippen LogP contribution in [0.25, 0.3) is 0 Å². The molecule has 2 atom stereocenters. The van der Waals surface area contributed by atoms with Crippen molar-refractivity contribution >= 4 is 15.8 Å². The summed E-state index contributed by atoms with van der Waals surface area (Å²) in [7, 11) is -3.22. The molecular formula is C12H14O4S. The van der Waals surface area contributed by atoms with Crippen LogP contribution in [-0.2, 0) is 14.6 Å². The van der Waals surface area contributed by atoms with Gasteiger partial charge in [-0.2, -0.15) is 0 Å². The number of carboxylic acids is 1. The van der Waals surface area contributed by atoms with Crippen molar-refractivity contribution in [3.63, 3.8) is 0 Å². The number of carboxylic acid groups (broad SMARTS) is 1. The van der Waals surface area contributed by atoms with Gasteiger partial charge in [0.15, 0.2) is 9.84 Å². The van der Waals surface area contributed by atoms with Gasteiger partial charge in [-0.3, -0.25) is 4.79 Å². The van der Waals surface area contributed by atoms with Crippen LogP contribution in [0.15, 0.2) is 29.2 Å². The zero-order valence-electron chi connectivity index (χ0n) is 9.46. The highest BCUT2D eigenvalue weighted by molar-refractivity contribution is 7.91. The molecule has 0 bridgehead atoms. The highest BCUT2D eigenvalue weighted by atomic mass is 32.2. The number of carbonyl (C=O) groups is 1. The molecule has 1 aliphatic rings. The first-order valence-electron chi connectivity index (χ1n) is 5.46. The Bertz CT molecular complexity index is 547. The van der Waals surface area contributed by atoms with Crippen molar-refractivity contribution in [2.24, 2.45) is 5.92 Å². The molecule has 1 N–H and O–H groups in total. The Labute approximate surface area is 100 Å². The van der Waals surface area contributed by atoms with Crippen molar-refractivity contribution in [3.8, 4) is 0 Å². The third-order valence-electron chi connectivity index (χ3n) is 3.17. The second kappa shape index (κ2) is 4.14. The van der Waals surface area contributed by atoms with Gasteiger partial charge >= 0.3 is 5.97 Å². The summed E-state index contributed by atoms with van der Waals surface area (Å²) in [5.41, 5.74) is 0.764. The van der Waals surface area contributed by atoms with Gasteiger partial charge in [-0.25, -0.2) is 8.42 Å². The molecule has 5 heteroatoms. The standard InChI is InChI=1S/C12H14O4S/c1-8(12(13)14)6-9-7-17(15,16)11-5-3-2-4-10(9)11/h2-5,8-9H,6-7H2,1H3,(H,13,14). The molecule has 2 unspecified atom stereocenters. The molecule has 0 saturated carbocycles. The van der Waals surface area contributed by atoms with Crippen LogP contribution in [0.3, 0.4) is 0 Å². The first-order chi connectivity index (χ1) is 7.92. The van der Waals surface area contributed by atoms with Crippen molar-refractivity contribution in [1.29, 1.82) is 0 Å². The molecule has 0 aliphatic carbocycles. The van der Waals surface area contributed by atoms with Gasteiger partial charge in [-0.15, -0.1) is 0 Å². The Kier molecular flexibility index (Phi) is 2.95. The lowest BCUT2D eigenvalue weighted by Crippen LogP contribution is -2.15. The van der Waals surface area contributed by atoms with E-state index in [-0.39, 0.29) is 11.7 Å². The molecule has 1 aromatic carbocycles. The highest BCUT2D eigenvalue weighted by Crippen LogP contribution is 2.38. The lowest BCUT2D eigenvalue weighted by molar-refractivity contribution is -0.141. The molecule has 0 amide bonds. The summed E-state index contributed by atoms with van der Waals surface area (Å²) in [5.74, 6) is -1.57. The van der Waals surface area contributed by atoms with Crippen LogP contribution < -0.4 is 0 Å². The van der Waals surface area contributed by atoms with E-state index in [1.165, 1.54) is 0 Å². The molecule has 1 aromatic rings. The van der Waals surface area contributed by atoms with E-state index < -0.39 is 21.7 Å². The third-order valence-corrected chi connectivity index (χ3v) is 5.06. The molecule has 0 aromatic heterocycles. The number of rotatable bonds is 3. The molecule has 17 heavy (non-hydrogen) atoms. The van der Waals surface area contributed by atoms with Crippen molar-refractivity contribution in [2.45, 2.75) is 24.2 Å². The minimum absolute atomic E-state index is 0.0317. The summed E-state index contributed by atoms with van der Waals surface area (Å²) in [5, 5.41) is 8.87. The zero-order chi connectivity index (χ0) is 12.6. The summed E-state index contributed by atoms with van der Waals surface area (Å²) < 4.78 is 23.7. The van der Waals surface area contributed by atoms with Crippen LogP contribution in [0.1, 0.15) is 24.8 Å². The van der Waals surface area contributed by atoms with Crippen molar-refractivity contribution in [2.75, 3.05) is 5.75 Å². The van der Waals surface area contributed by atoms with Crippen LogP contribution in [0.4, 0.5) is 0 Å². The second-order valence-corrected chi connectivity index (χ2v) is 6.49. The van der Waals surface area contributed by atoms with Gasteiger partial charge in [-0.1, -0.05) is 25.1 Å². The highest BCUT2D eigenvalue weighted by Gasteiger charge is 2.35. The summed E-state index contributed by atoms with van der Waals surface area (Å²) in [4.78, 5) is 11.2. The SMILES string of the molecule is CC(CC1CS(=O)(=O)c2ccccc21)C(=O)O. The van der Waals surface area contributed by atoms with Crippen molar-refractivity contribution in [3.05, 3.63) is 29.8 Å². The third kappa shape index (κ3) is 2.20. The van der Waals surface area contributed by atoms with E-state index in [0.29, 0.717) is 11.3 Å². The number of benzene rings is 1. The maximum absolute atomic E-state index is 11.9. The van der Waals surface area contributed by atoms with E-state index in [9.17, 15) is 13.2 Å². The summed E-state index contributed by atoms with van der Waals surface area (Å²) >= 11 is 0. The number of fused-ring (bicyclic) bond motifs is 1. The van der Waals surface area contributed by atoms with Gasteiger partial charge in [0.1, 0.15) is 0 Å². The van der Waals surface area contributed by atoms with Gasteiger partial charge in [0.05, 0.1) is 16.6 Å². The number of sulfone groups is 1. The molecule has 1 aliphatic heterocycles. The van der Waals surface area contributed by atoms with Crippen LogP contribution in [0.5, 0.6) is 0 Å². The smallest absolute Gasteiger partial charge is 0.306 e. The molecule has 0 fully saturated rings. The Morgan fingerprint density at radius 1 is 1.47 bits per heavy atom. The minimum Gasteiger partial charge on any atom is -0.481 e. The van der Waals surface area contributed by atoms with Crippen LogP contribution >= 0.6 is 0 Å². The molecule has 2 rings (SSSR count). The minimum atomic E-state index is -3.22. The number of hydrogen-bond acceptors (Lipinski definition) is 3.